The lowest BCUT2D eigenvalue weighted by atomic mass is 9.88. The Morgan fingerprint density at radius 1 is 1.04 bits per heavy atom. The number of fused-ring (bicyclic) bond motifs is 1. The van der Waals surface area contributed by atoms with Gasteiger partial charge in [-0.15, -0.1) is 11.3 Å². The number of thiazole rings is 1. The molecule has 25 heavy (non-hydrogen) atoms. The smallest absolute Gasteiger partial charge is 0.227 e. The monoisotopic (exact) mass is 368 g/mol. The van der Waals surface area contributed by atoms with Gasteiger partial charge in [-0.3, -0.25) is 4.79 Å². The van der Waals surface area contributed by atoms with Gasteiger partial charge in [-0.1, -0.05) is 43.2 Å². The Morgan fingerprint density at radius 3 is 2.56 bits per heavy atom. The summed E-state index contributed by atoms with van der Waals surface area (Å²) in [6, 6.07) is 16.3. The van der Waals surface area contributed by atoms with Crippen LogP contribution in [0.3, 0.4) is 0 Å². The number of benzene rings is 2. The van der Waals surface area contributed by atoms with E-state index < -0.39 is 0 Å². The highest BCUT2D eigenvalue weighted by molar-refractivity contribution is 8.01. The molecule has 0 unspecified atom stereocenters. The van der Waals surface area contributed by atoms with Gasteiger partial charge in [0.1, 0.15) is 0 Å². The Bertz CT molecular complexity index is 834. The topological polar surface area (TPSA) is 42.0 Å². The van der Waals surface area contributed by atoms with Gasteiger partial charge in [-0.05, 0) is 49.2 Å². The zero-order chi connectivity index (χ0) is 17.1. The van der Waals surface area contributed by atoms with Crippen molar-refractivity contribution in [1.82, 2.24) is 4.98 Å². The minimum absolute atomic E-state index is 0.172. The van der Waals surface area contributed by atoms with E-state index in [1.807, 2.05) is 42.5 Å². The fourth-order valence-electron chi connectivity index (χ4n) is 3.21. The SMILES string of the molecule is O=C(Nc1ccc(Sc2nc3ccccc3s2)cc1)C1CCCCC1. The van der Waals surface area contributed by atoms with Crippen LogP contribution in [0, 0.1) is 5.92 Å². The molecule has 1 aliphatic rings. The Morgan fingerprint density at radius 2 is 1.80 bits per heavy atom. The van der Waals surface area contributed by atoms with Crippen LogP contribution in [0.25, 0.3) is 10.2 Å². The molecule has 1 saturated carbocycles. The minimum atomic E-state index is 0.172. The Labute approximate surface area is 155 Å². The molecule has 1 amide bonds. The lowest BCUT2D eigenvalue weighted by Gasteiger charge is -2.20. The summed E-state index contributed by atoms with van der Waals surface area (Å²) in [5.74, 6) is 0.358. The second kappa shape index (κ2) is 7.58. The summed E-state index contributed by atoms with van der Waals surface area (Å²) in [5, 5.41) is 3.06. The van der Waals surface area contributed by atoms with Crippen LogP contribution in [-0.2, 0) is 4.79 Å². The van der Waals surface area contributed by atoms with Gasteiger partial charge >= 0.3 is 0 Å². The number of amides is 1. The first kappa shape index (κ1) is 16.6. The molecule has 5 heteroatoms. The van der Waals surface area contributed by atoms with Crippen molar-refractivity contribution in [3.05, 3.63) is 48.5 Å². The van der Waals surface area contributed by atoms with Crippen LogP contribution < -0.4 is 5.32 Å². The maximum Gasteiger partial charge on any atom is 0.227 e. The van der Waals surface area contributed by atoms with Crippen LogP contribution in [0.2, 0.25) is 0 Å². The molecular weight excluding hydrogens is 348 g/mol. The summed E-state index contributed by atoms with van der Waals surface area (Å²) >= 11 is 3.37. The Hall–Kier alpha value is -1.85. The van der Waals surface area contributed by atoms with Crippen LogP contribution in [-0.4, -0.2) is 10.9 Å². The van der Waals surface area contributed by atoms with E-state index >= 15 is 0 Å². The zero-order valence-electron chi connectivity index (χ0n) is 13.9. The van der Waals surface area contributed by atoms with Crippen molar-refractivity contribution in [2.24, 2.45) is 5.92 Å². The molecular formula is C20H20N2OS2. The molecule has 0 radical (unpaired) electrons. The summed E-state index contributed by atoms with van der Waals surface area (Å²) in [4.78, 5) is 18.1. The highest BCUT2D eigenvalue weighted by atomic mass is 32.2. The molecule has 1 fully saturated rings. The predicted molar refractivity (Wildman–Crippen MR) is 105 cm³/mol. The molecule has 3 nitrogen and oxygen atoms in total. The molecule has 1 aromatic heterocycles. The minimum Gasteiger partial charge on any atom is -0.326 e. The fourth-order valence-corrected chi connectivity index (χ4v) is 5.25. The van der Waals surface area contributed by atoms with Crippen molar-refractivity contribution in [3.8, 4) is 0 Å². The van der Waals surface area contributed by atoms with E-state index in [-0.39, 0.29) is 11.8 Å². The lowest BCUT2D eigenvalue weighted by molar-refractivity contribution is -0.120. The van der Waals surface area contributed by atoms with Crippen molar-refractivity contribution in [2.45, 2.75) is 41.3 Å². The fraction of sp³-hybridized carbons (Fsp3) is 0.300. The van der Waals surface area contributed by atoms with Crippen molar-refractivity contribution in [2.75, 3.05) is 5.32 Å². The predicted octanol–water partition coefficient (Wildman–Crippen LogP) is 5.97. The largest absolute Gasteiger partial charge is 0.326 e. The number of para-hydroxylation sites is 1. The van der Waals surface area contributed by atoms with Crippen LogP contribution in [0.15, 0.2) is 57.8 Å². The first-order valence-electron chi connectivity index (χ1n) is 8.72. The second-order valence-electron chi connectivity index (χ2n) is 6.40. The molecule has 3 aromatic rings. The van der Waals surface area contributed by atoms with Gasteiger partial charge in [0.2, 0.25) is 5.91 Å². The third-order valence-corrected chi connectivity index (χ3v) is 6.68. The van der Waals surface area contributed by atoms with Gasteiger partial charge in [0.15, 0.2) is 4.34 Å². The maximum absolute atomic E-state index is 12.3. The van der Waals surface area contributed by atoms with Gasteiger partial charge in [-0.25, -0.2) is 4.98 Å². The molecule has 0 atom stereocenters. The molecule has 0 aliphatic heterocycles. The number of carbonyl (C=O) groups excluding carboxylic acids is 1. The van der Waals surface area contributed by atoms with E-state index in [9.17, 15) is 4.79 Å². The average Bonchev–Trinajstić information content (AvgIpc) is 3.06. The first-order valence-corrected chi connectivity index (χ1v) is 10.4. The van der Waals surface area contributed by atoms with Crippen LogP contribution in [0.1, 0.15) is 32.1 Å². The molecule has 128 valence electrons. The molecule has 0 spiro atoms. The average molecular weight is 369 g/mol. The van der Waals surface area contributed by atoms with Gasteiger partial charge in [0.25, 0.3) is 0 Å². The summed E-state index contributed by atoms with van der Waals surface area (Å²) in [7, 11) is 0. The molecule has 4 rings (SSSR count). The summed E-state index contributed by atoms with van der Waals surface area (Å²) in [6.45, 7) is 0. The van der Waals surface area contributed by atoms with Crippen LogP contribution in [0.5, 0.6) is 0 Å². The van der Waals surface area contributed by atoms with E-state index in [4.69, 9.17) is 0 Å². The van der Waals surface area contributed by atoms with E-state index in [0.717, 1.165) is 33.3 Å². The van der Waals surface area contributed by atoms with E-state index in [0.29, 0.717) is 0 Å². The van der Waals surface area contributed by atoms with Gasteiger partial charge < -0.3 is 5.32 Å². The van der Waals surface area contributed by atoms with Crippen molar-refractivity contribution in [1.29, 1.82) is 0 Å². The van der Waals surface area contributed by atoms with Crippen molar-refractivity contribution in [3.63, 3.8) is 0 Å². The van der Waals surface area contributed by atoms with Crippen molar-refractivity contribution < 1.29 is 4.79 Å². The zero-order valence-corrected chi connectivity index (χ0v) is 15.5. The summed E-state index contributed by atoms with van der Waals surface area (Å²) in [5.41, 5.74) is 1.93. The van der Waals surface area contributed by atoms with Crippen molar-refractivity contribution >= 4 is 44.9 Å². The number of aromatic nitrogens is 1. The normalized spacial score (nSPS) is 15.4. The third kappa shape index (κ3) is 4.05. The third-order valence-electron chi connectivity index (χ3n) is 4.58. The standard InChI is InChI=1S/C20H20N2OS2/c23-19(14-6-2-1-3-7-14)21-15-10-12-16(13-11-15)24-20-22-17-8-4-5-9-18(17)25-20/h4-5,8-14H,1-3,6-7H2,(H,21,23). The highest BCUT2D eigenvalue weighted by Gasteiger charge is 2.20. The number of nitrogens with one attached hydrogen (secondary N) is 1. The molecule has 0 bridgehead atoms. The van der Waals surface area contributed by atoms with E-state index in [2.05, 4.69) is 16.4 Å². The van der Waals surface area contributed by atoms with Crippen LogP contribution in [0.4, 0.5) is 5.69 Å². The Kier molecular flexibility index (Phi) is 5.04. The van der Waals surface area contributed by atoms with Gasteiger partial charge in [-0.2, -0.15) is 0 Å². The number of anilines is 1. The quantitative estimate of drug-likeness (QED) is 0.617. The Balaban J connectivity index is 1.40. The second-order valence-corrected chi connectivity index (χ2v) is 8.75. The number of hydrogen-bond acceptors (Lipinski definition) is 4. The molecule has 2 aromatic carbocycles. The van der Waals surface area contributed by atoms with Gasteiger partial charge in [0.05, 0.1) is 10.2 Å². The first-order chi connectivity index (χ1) is 12.3. The number of carbonyl (C=O) groups is 1. The number of rotatable bonds is 4. The number of hydrogen-bond donors (Lipinski definition) is 1. The van der Waals surface area contributed by atoms with Gasteiger partial charge in [0, 0.05) is 16.5 Å². The lowest BCUT2D eigenvalue weighted by Crippen LogP contribution is -2.24. The van der Waals surface area contributed by atoms with E-state index in [1.165, 1.54) is 24.0 Å². The molecule has 1 N–H and O–H groups in total. The molecule has 1 heterocycles. The van der Waals surface area contributed by atoms with Crippen LogP contribution >= 0.6 is 23.1 Å². The molecule has 0 saturated heterocycles. The molecule has 1 aliphatic carbocycles. The van der Waals surface area contributed by atoms with E-state index in [1.54, 1.807) is 23.1 Å². The maximum atomic E-state index is 12.3. The highest BCUT2D eigenvalue weighted by Crippen LogP contribution is 2.34. The summed E-state index contributed by atoms with van der Waals surface area (Å²) < 4.78 is 2.25. The number of nitrogens with zero attached hydrogens (tertiary/aromatic N) is 1. The summed E-state index contributed by atoms with van der Waals surface area (Å²) in [6.07, 6.45) is 5.67.